The molecule has 4 heteroatoms. The first kappa shape index (κ1) is 15.6. The van der Waals surface area contributed by atoms with Crippen LogP contribution in [0.4, 0.5) is 0 Å². The van der Waals surface area contributed by atoms with Gasteiger partial charge in [-0.15, -0.1) is 11.8 Å². The van der Waals surface area contributed by atoms with Crippen LogP contribution in [0.15, 0.2) is 29.4 Å². The predicted molar refractivity (Wildman–Crippen MR) is 89.7 cm³/mol. The maximum absolute atomic E-state index is 12.3. The highest BCUT2D eigenvalue weighted by molar-refractivity contribution is 8.00. The van der Waals surface area contributed by atoms with Gasteiger partial charge in [0.1, 0.15) is 0 Å². The molecule has 22 heavy (non-hydrogen) atoms. The zero-order valence-corrected chi connectivity index (χ0v) is 13.9. The Bertz CT molecular complexity index is 543. The molecule has 1 aromatic heterocycles. The molecule has 0 aliphatic heterocycles. The molecular weight excluding hydrogens is 294 g/mol. The van der Waals surface area contributed by atoms with Crippen LogP contribution in [-0.4, -0.2) is 22.8 Å². The van der Waals surface area contributed by atoms with Gasteiger partial charge in [-0.05, 0) is 50.7 Å². The van der Waals surface area contributed by atoms with Crippen molar-refractivity contribution in [3.63, 3.8) is 0 Å². The van der Waals surface area contributed by atoms with Crippen molar-refractivity contribution in [3.05, 3.63) is 30.0 Å². The third-order valence-corrected chi connectivity index (χ3v) is 5.44. The van der Waals surface area contributed by atoms with Crippen LogP contribution in [0.2, 0.25) is 0 Å². The van der Waals surface area contributed by atoms with E-state index in [0.29, 0.717) is 18.1 Å². The van der Waals surface area contributed by atoms with Gasteiger partial charge in [-0.3, -0.25) is 0 Å². The van der Waals surface area contributed by atoms with Crippen molar-refractivity contribution in [3.8, 4) is 0 Å². The van der Waals surface area contributed by atoms with E-state index in [-0.39, 0.29) is 5.97 Å². The molecule has 2 fully saturated rings. The Hall–Kier alpha value is -1.29. The highest BCUT2D eigenvalue weighted by atomic mass is 32.2. The third kappa shape index (κ3) is 4.13. The van der Waals surface area contributed by atoms with Crippen molar-refractivity contribution in [1.29, 1.82) is 0 Å². The van der Waals surface area contributed by atoms with E-state index in [0.717, 1.165) is 15.8 Å². The molecule has 0 radical (unpaired) electrons. The van der Waals surface area contributed by atoms with Crippen molar-refractivity contribution in [2.45, 2.75) is 55.7 Å². The lowest BCUT2D eigenvalue weighted by molar-refractivity contribution is -0.136. The second-order valence-electron chi connectivity index (χ2n) is 6.05. The van der Waals surface area contributed by atoms with Crippen LogP contribution in [-0.2, 0) is 9.53 Å². The fraction of sp³-hybridized carbons (Fsp3) is 0.556. The highest BCUT2D eigenvalue weighted by Crippen LogP contribution is 2.38. The lowest BCUT2D eigenvalue weighted by Crippen LogP contribution is -2.08. The number of pyridine rings is 1. The molecule has 3 nitrogen and oxygen atoms in total. The third-order valence-electron chi connectivity index (χ3n) is 4.16. The van der Waals surface area contributed by atoms with Crippen LogP contribution >= 0.6 is 11.8 Å². The minimum atomic E-state index is -0.223. The average molecular weight is 317 g/mol. The monoisotopic (exact) mass is 317 g/mol. The maximum Gasteiger partial charge on any atom is 0.338 e. The maximum atomic E-state index is 12.3. The zero-order chi connectivity index (χ0) is 15.4. The van der Waals surface area contributed by atoms with Gasteiger partial charge in [-0.25, -0.2) is 9.78 Å². The van der Waals surface area contributed by atoms with Crippen LogP contribution in [0.5, 0.6) is 0 Å². The van der Waals surface area contributed by atoms with Crippen molar-refractivity contribution < 1.29 is 9.53 Å². The summed E-state index contributed by atoms with van der Waals surface area (Å²) in [5.41, 5.74) is 1.56. The van der Waals surface area contributed by atoms with Crippen LogP contribution < -0.4 is 0 Å². The quantitative estimate of drug-likeness (QED) is 0.573. The fourth-order valence-corrected chi connectivity index (χ4v) is 3.79. The summed E-state index contributed by atoms with van der Waals surface area (Å²) in [5, 5.41) is 1.80. The van der Waals surface area contributed by atoms with Gasteiger partial charge in [-0.1, -0.05) is 18.9 Å². The number of aromatic nitrogens is 1. The zero-order valence-electron chi connectivity index (χ0n) is 13.1. The number of hydrogen-bond acceptors (Lipinski definition) is 4. The lowest BCUT2D eigenvalue weighted by Gasteiger charge is -2.10. The van der Waals surface area contributed by atoms with E-state index >= 15 is 0 Å². The first-order valence-corrected chi connectivity index (χ1v) is 9.16. The summed E-state index contributed by atoms with van der Waals surface area (Å²) in [6.07, 6.45) is 11.4. The number of rotatable bonds is 6. The van der Waals surface area contributed by atoms with E-state index in [2.05, 4.69) is 11.1 Å². The van der Waals surface area contributed by atoms with Gasteiger partial charge < -0.3 is 4.74 Å². The van der Waals surface area contributed by atoms with Gasteiger partial charge in [0, 0.05) is 17.0 Å². The minimum Gasteiger partial charge on any atom is -0.462 e. The summed E-state index contributed by atoms with van der Waals surface area (Å²) in [7, 11) is 0. The van der Waals surface area contributed by atoms with Gasteiger partial charge in [0.25, 0.3) is 0 Å². The highest BCUT2D eigenvalue weighted by Gasteiger charge is 2.23. The molecule has 0 bridgehead atoms. The average Bonchev–Trinajstić information content (AvgIpc) is 3.18. The summed E-state index contributed by atoms with van der Waals surface area (Å²) in [4.78, 5) is 16.8. The van der Waals surface area contributed by atoms with E-state index in [9.17, 15) is 4.79 Å². The molecule has 0 amide bonds. The Balaban J connectivity index is 1.78. The molecular formula is C18H23NO2S. The number of esters is 1. The number of carbonyl (C=O) groups excluding carboxylic acids is 1. The fourth-order valence-electron chi connectivity index (χ4n) is 2.82. The molecule has 2 saturated carbocycles. The Morgan fingerprint density at radius 2 is 2.09 bits per heavy atom. The van der Waals surface area contributed by atoms with E-state index in [1.54, 1.807) is 0 Å². The van der Waals surface area contributed by atoms with Crippen molar-refractivity contribution in [2.75, 3.05) is 6.61 Å². The van der Waals surface area contributed by atoms with Gasteiger partial charge in [0.15, 0.2) is 0 Å². The Morgan fingerprint density at radius 3 is 2.68 bits per heavy atom. The molecule has 0 unspecified atom stereocenters. The summed E-state index contributed by atoms with van der Waals surface area (Å²) >= 11 is 1.83. The van der Waals surface area contributed by atoms with E-state index in [1.807, 2.05) is 37.0 Å². The van der Waals surface area contributed by atoms with Crippen molar-refractivity contribution in [1.82, 2.24) is 4.98 Å². The topological polar surface area (TPSA) is 39.2 Å². The minimum absolute atomic E-state index is 0.223. The standard InChI is InChI=1S/C18H23NO2S/c1-2-21-18(20)16(11-13-5-3-4-6-13)14-7-10-17(19-12-14)22-15-8-9-15/h7,10-13,15H,2-6,8-9H2,1H3. The first-order valence-electron chi connectivity index (χ1n) is 8.28. The van der Waals surface area contributed by atoms with Gasteiger partial charge in [-0.2, -0.15) is 0 Å². The van der Waals surface area contributed by atoms with E-state index in [4.69, 9.17) is 4.74 Å². The van der Waals surface area contributed by atoms with Gasteiger partial charge in [0.05, 0.1) is 17.2 Å². The molecule has 1 aromatic rings. The molecule has 0 saturated heterocycles. The Morgan fingerprint density at radius 1 is 1.32 bits per heavy atom. The number of allylic oxidation sites excluding steroid dienone is 1. The molecule has 2 aliphatic carbocycles. The molecule has 0 spiro atoms. The van der Waals surface area contributed by atoms with Crippen molar-refractivity contribution in [2.24, 2.45) is 5.92 Å². The number of hydrogen-bond donors (Lipinski definition) is 0. The predicted octanol–water partition coefficient (Wildman–Crippen LogP) is 4.47. The summed E-state index contributed by atoms with van der Waals surface area (Å²) in [5.74, 6) is 0.277. The molecule has 0 N–H and O–H groups in total. The number of ether oxygens (including phenoxy) is 1. The SMILES string of the molecule is CCOC(=O)C(=CC1CCCC1)c1ccc(SC2CC2)nc1. The lowest BCUT2D eigenvalue weighted by atomic mass is 10.00. The van der Waals surface area contributed by atoms with Gasteiger partial charge >= 0.3 is 5.97 Å². The normalized spacial score (nSPS) is 19.4. The molecule has 0 atom stereocenters. The summed E-state index contributed by atoms with van der Waals surface area (Å²) in [6.45, 7) is 2.25. The Kier molecular flexibility index (Phi) is 5.19. The van der Waals surface area contributed by atoms with Gasteiger partial charge in [0.2, 0.25) is 0 Å². The second kappa shape index (κ2) is 7.32. The molecule has 1 heterocycles. The molecule has 2 aliphatic rings. The largest absolute Gasteiger partial charge is 0.462 e. The Labute approximate surface area is 136 Å². The molecule has 0 aromatic carbocycles. The van der Waals surface area contributed by atoms with E-state index in [1.165, 1.54) is 38.5 Å². The smallest absolute Gasteiger partial charge is 0.338 e. The van der Waals surface area contributed by atoms with Crippen LogP contribution in [0.1, 0.15) is 51.0 Å². The second-order valence-corrected chi connectivity index (χ2v) is 7.37. The van der Waals surface area contributed by atoms with E-state index < -0.39 is 0 Å². The summed E-state index contributed by atoms with van der Waals surface area (Å²) in [6, 6.07) is 4.04. The van der Waals surface area contributed by atoms with Crippen molar-refractivity contribution >= 4 is 23.3 Å². The number of nitrogens with zero attached hydrogens (tertiary/aromatic N) is 1. The van der Waals surface area contributed by atoms with Crippen LogP contribution in [0.3, 0.4) is 0 Å². The first-order chi connectivity index (χ1) is 10.8. The molecule has 118 valence electrons. The molecule has 3 rings (SSSR count). The summed E-state index contributed by atoms with van der Waals surface area (Å²) < 4.78 is 5.23. The van der Waals surface area contributed by atoms with Crippen LogP contribution in [0.25, 0.3) is 5.57 Å². The number of thioether (sulfide) groups is 1. The number of carbonyl (C=O) groups is 1. The van der Waals surface area contributed by atoms with Crippen LogP contribution in [0, 0.1) is 5.92 Å².